The minimum atomic E-state index is 1.05. The number of hydrogen-bond donors (Lipinski definition) is 1. The standard InChI is InChI=1S/C16H14N2S/c1-10-2-5-13-15(8-10)19-16(18-13)12-4-3-11-6-7-17-14(11)9-12/h2-5,8-9,17H,6-7H2,1H3. The van der Waals surface area contributed by atoms with E-state index in [-0.39, 0.29) is 0 Å². The Labute approximate surface area is 116 Å². The van der Waals surface area contributed by atoms with Gasteiger partial charge in [0.25, 0.3) is 0 Å². The molecule has 3 heteroatoms. The molecule has 0 spiro atoms. The maximum atomic E-state index is 4.74. The molecular weight excluding hydrogens is 252 g/mol. The summed E-state index contributed by atoms with van der Waals surface area (Å²) in [6.07, 6.45) is 1.13. The first kappa shape index (κ1) is 11.0. The van der Waals surface area contributed by atoms with Crippen molar-refractivity contribution in [1.29, 1.82) is 0 Å². The van der Waals surface area contributed by atoms with Gasteiger partial charge in [0.2, 0.25) is 0 Å². The molecule has 94 valence electrons. The molecule has 3 aromatic rings. The number of rotatable bonds is 1. The van der Waals surface area contributed by atoms with Gasteiger partial charge in [0.05, 0.1) is 10.2 Å². The molecule has 0 saturated carbocycles. The van der Waals surface area contributed by atoms with Gasteiger partial charge in [-0.3, -0.25) is 0 Å². The topological polar surface area (TPSA) is 24.9 Å². The van der Waals surface area contributed by atoms with Gasteiger partial charge in [0.1, 0.15) is 5.01 Å². The summed E-state index contributed by atoms with van der Waals surface area (Å²) >= 11 is 1.77. The van der Waals surface area contributed by atoms with Crippen molar-refractivity contribution < 1.29 is 0 Å². The summed E-state index contributed by atoms with van der Waals surface area (Å²) < 4.78 is 1.27. The lowest BCUT2D eigenvalue weighted by Crippen LogP contribution is -1.90. The molecule has 0 atom stereocenters. The van der Waals surface area contributed by atoms with Crippen LogP contribution >= 0.6 is 11.3 Å². The molecule has 2 heterocycles. The highest BCUT2D eigenvalue weighted by molar-refractivity contribution is 7.21. The Morgan fingerprint density at radius 2 is 2.11 bits per heavy atom. The van der Waals surface area contributed by atoms with Gasteiger partial charge in [-0.1, -0.05) is 18.2 Å². The predicted molar refractivity (Wildman–Crippen MR) is 82.0 cm³/mol. The monoisotopic (exact) mass is 266 g/mol. The first-order valence-electron chi connectivity index (χ1n) is 6.54. The van der Waals surface area contributed by atoms with Crippen molar-refractivity contribution in [3.8, 4) is 10.6 Å². The van der Waals surface area contributed by atoms with Crippen LogP contribution in [-0.2, 0) is 6.42 Å². The van der Waals surface area contributed by atoms with Crippen molar-refractivity contribution in [2.75, 3.05) is 11.9 Å². The Morgan fingerprint density at radius 3 is 3.05 bits per heavy atom. The van der Waals surface area contributed by atoms with Crippen molar-refractivity contribution in [1.82, 2.24) is 4.98 Å². The van der Waals surface area contributed by atoms with Gasteiger partial charge in [-0.05, 0) is 42.7 Å². The lowest BCUT2D eigenvalue weighted by Gasteiger charge is -2.01. The summed E-state index contributed by atoms with van der Waals surface area (Å²) in [5, 5.41) is 4.54. The molecule has 2 aromatic carbocycles. The number of anilines is 1. The van der Waals surface area contributed by atoms with Crippen LogP contribution in [0, 0.1) is 6.92 Å². The molecule has 0 unspecified atom stereocenters. The van der Waals surface area contributed by atoms with Crippen LogP contribution in [0.1, 0.15) is 11.1 Å². The summed E-state index contributed by atoms with van der Waals surface area (Å²) in [5.41, 5.74) is 6.29. The molecule has 2 nitrogen and oxygen atoms in total. The van der Waals surface area contributed by atoms with E-state index in [1.54, 1.807) is 11.3 Å². The van der Waals surface area contributed by atoms with Crippen molar-refractivity contribution in [2.24, 2.45) is 0 Å². The molecule has 19 heavy (non-hydrogen) atoms. The number of benzene rings is 2. The number of hydrogen-bond acceptors (Lipinski definition) is 3. The van der Waals surface area contributed by atoms with Crippen LogP contribution in [0.2, 0.25) is 0 Å². The second kappa shape index (κ2) is 4.07. The summed E-state index contributed by atoms with van der Waals surface area (Å²) in [6, 6.07) is 13.1. The molecule has 0 aliphatic carbocycles. The Balaban J connectivity index is 1.85. The molecule has 0 amide bonds. The number of thiazole rings is 1. The highest BCUT2D eigenvalue weighted by atomic mass is 32.1. The summed E-state index contributed by atoms with van der Waals surface area (Å²) in [7, 11) is 0. The van der Waals surface area contributed by atoms with Crippen molar-refractivity contribution in [3.05, 3.63) is 47.5 Å². The van der Waals surface area contributed by atoms with Crippen LogP contribution in [0.5, 0.6) is 0 Å². The number of aryl methyl sites for hydroxylation is 1. The average molecular weight is 266 g/mol. The van der Waals surface area contributed by atoms with Gasteiger partial charge in [-0.2, -0.15) is 0 Å². The van der Waals surface area contributed by atoms with Crippen molar-refractivity contribution in [3.63, 3.8) is 0 Å². The molecule has 0 fully saturated rings. The first-order chi connectivity index (χ1) is 9.29. The summed E-state index contributed by atoms with van der Waals surface area (Å²) in [4.78, 5) is 4.74. The van der Waals surface area contributed by atoms with Crippen LogP contribution in [0.4, 0.5) is 5.69 Å². The Kier molecular flexibility index (Phi) is 2.35. The van der Waals surface area contributed by atoms with Gasteiger partial charge in [-0.25, -0.2) is 4.98 Å². The van der Waals surface area contributed by atoms with Crippen LogP contribution in [0.25, 0.3) is 20.8 Å². The molecule has 1 aliphatic heterocycles. The fourth-order valence-corrected chi connectivity index (χ4v) is 3.64. The second-order valence-corrected chi connectivity index (χ2v) is 6.07. The van der Waals surface area contributed by atoms with Gasteiger partial charge in [-0.15, -0.1) is 11.3 Å². The zero-order chi connectivity index (χ0) is 12.8. The lowest BCUT2D eigenvalue weighted by atomic mass is 10.1. The van der Waals surface area contributed by atoms with Crippen LogP contribution in [0.15, 0.2) is 36.4 Å². The fourth-order valence-electron chi connectivity index (χ4n) is 2.58. The molecule has 4 rings (SSSR count). The molecule has 1 N–H and O–H groups in total. The highest BCUT2D eigenvalue weighted by Gasteiger charge is 2.12. The van der Waals surface area contributed by atoms with Gasteiger partial charge in [0, 0.05) is 17.8 Å². The Hall–Kier alpha value is -1.87. The Morgan fingerprint density at radius 1 is 1.16 bits per heavy atom. The average Bonchev–Trinajstić information content (AvgIpc) is 3.02. The first-order valence-corrected chi connectivity index (χ1v) is 7.36. The van der Waals surface area contributed by atoms with Crippen LogP contribution < -0.4 is 5.32 Å². The smallest absolute Gasteiger partial charge is 0.124 e. The molecule has 0 radical (unpaired) electrons. The van der Waals surface area contributed by atoms with Gasteiger partial charge >= 0.3 is 0 Å². The number of aromatic nitrogens is 1. The molecule has 1 aliphatic rings. The van der Waals surface area contributed by atoms with Crippen LogP contribution in [0.3, 0.4) is 0 Å². The van der Waals surface area contributed by atoms with E-state index in [2.05, 4.69) is 48.6 Å². The van der Waals surface area contributed by atoms with E-state index in [1.807, 2.05) is 0 Å². The zero-order valence-corrected chi connectivity index (χ0v) is 11.6. The van der Waals surface area contributed by atoms with E-state index in [1.165, 1.54) is 27.1 Å². The molecule has 1 aromatic heterocycles. The van der Waals surface area contributed by atoms with Crippen LogP contribution in [-0.4, -0.2) is 11.5 Å². The van der Waals surface area contributed by atoms with Crippen molar-refractivity contribution >= 4 is 27.2 Å². The van der Waals surface area contributed by atoms with Gasteiger partial charge in [0.15, 0.2) is 0 Å². The molecule has 0 saturated heterocycles. The number of nitrogens with zero attached hydrogens (tertiary/aromatic N) is 1. The number of nitrogens with one attached hydrogen (secondary N) is 1. The second-order valence-electron chi connectivity index (χ2n) is 5.04. The predicted octanol–water partition coefficient (Wildman–Crippen LogP) is 4.24. The third kappa shape index (κ3) is 1.81. The third-order valence-electron chi connectivity index (χ3n) is 3.61. The van der Waals surface area contributed by atoms with Gasteiger partial charge < -0.3 is 5.32 Å². The van der Waals surface area contributed by atoms with Crippen molar-refractivity contribution in [2.45, 2.75) is 13.3 Å². The quantitative estimate of drug-likeness (QED) is 0.712. The SMILES string of the molecule is Cc1ccc2nc(-c3ccc4c(c3)NCC4)sc2c1. The Bertz CT molecular complexity index is 774. The highest BCUT2D eigenvalue weighted by Crippen LogP contribution is 2.34. The van der Waals surface area contributed by atoms with E-state index >= 15 is 0 Å². The fraction of sp³-hybridized carbons (Fsp3) is 0.188. The lowest BCUT2D eigenvalue weighted by molar-refractivity contribution is 1.11. The minimum absolute atomic E-state index is 1.05. The van der Waals surface area contributed by atoms with E-state index in [0.717, 1.165) is 23.5 Å². The van der Waals surface area contributed by atoms with E-state index in [0.29, 0.717) is 0 Å². The van der Waals surface area contributed by atoms with E-state index in [9.17, 15) is 0 Å². The third-order valence-corrected chi connectivity index (χ3v) is 4.68. The maximum absolute atomic E-state index is 4.74. The maximum Gasteiger partial charge on any atom is 0.124 e. The minimum Gasteiger partial charge on any atom is -0.384 e. The van der Waals surface area contributed by atoms with E-state index in [4.69, 9.17) is 4.98 Å². The summed E-state index contributed by atoms with van der Waals surface area (Å²) in [5.74, 6) is 0. The molecular formula is C16H14N2S. The largest absolute Gasteiger partial charge is 0.384 e. The van der Waals surface area contributed by atoms with E-state index < -0.39 is 0 Å². The summed E-state index contributed by atoms with van der Waals surface area (Å²) in [6.45, 7) is 3.18. The normalized spacial score (nSPS) is 13.5. The number of fused-ring (bicyclic) bond motifs is 2. The zero-order valence-electron chi connectivity index (χ0n) is 10.7. The molecule has 0 bridgehead atoms.